The molecule has 3 nitrogen and oxygen atoms in total. The van der Waals surface area contributed by atoms with Gasteiger partial charge in [-0.15, -0.1) is 0 Å². The molecule has 1 aliphatic rings. The summed E-state index contributed by atoms with van der Waals surface area (Å²) in [6.45, 7) is 9.56. The zero-order valence-corrected chi connectivity index (χ0v) is 16.3. The number of fused-ring (bicyclic) bond motifs is 1. The minimum atomic E-state index is -2.25. The van der Waals surface area contributed by atoms with E-state index in [1.54, 1.807) is 0 Å². The predicted molar refractivity (Wildman–Crippen MR) is 95.8 cm³/mol. The van der Waals surface area contributed by atoms with Crippen molar-refractivity contribution in [2.24, 2.45) is 0 Å². The SMILES string of the molecule is C[Si]1(C)OCCCCCCC(=O)O[Si](C)(C)c2ccccc21. The van der Waals surface area contributed by atoms with Crippen molar-refractivity contribution >= 4 is 33.0 Å². The Kier molecular flexibility index (Phi) is 5.63. The van der Waals surface area contributed by atoms with Gasteiger partial charge in [-0.2, -0.15) is 0 Å². The predicted octanol–water partition coefficient (Wildman–Crippen LogP) is 3.03. The minimum absolute atomic E-state index is 0.0360. The van der Waals surface area contributed by atoms with E-state index in [1.165, 1.54) is 10.4 Å². The molecule has 1 aromatic rings. The monoisotopic (exact) mass is 336 g/mol. The molecular formula is C17H28O3Si2. The third kappa shape index (κ3) is 4.30. The molecule has 0 atom stereocenters. The Balaban J connectivity index is 2.39. The fourth-order valence-corrected chi connectivity index (χ4v) is 8.91. The van der Waals surface area contributed by atoms with E-state index in [0.717, 1.165) is 32.3 Å². The summed E-state index contributed by atoms with van der Waals surface area (Å²) in [7, 11) is -4.22. The Hall–Kier alpha value is -0.916. The van der Waals surface area contributed by atoms with Gasteiger partial charge in [0.25, 0.3) is 14.3 Å². The molecule has 1 aliphatic heterocycles. The van der Waals surface area contributed by atoms with E-state index >= 15 is 0 Å². The average molecular weight is 337 g/mol. The minimum Gasteiger partial charge on any atom is -0.515 e. The molecule has 0 amide bonds. The molecular weight excluding hydrogens is 308 g/mol. The molecule has 2 rings (SSSR count). The van der Waals surface area contributed by atoms with Crippen molar-refractivity contribution in [3.63, 3.8) is 0 Å². The first-order valence-corrected chi connectivity index (χ1v) is 14.1. The molecule has 0 aromatic heterocycles. The smallest absolute Gasteiger partial charge is 0.292 e. The van der Waals surface area contributed by atoms with Gasteiger partial charge < -0.3 is 8.85 Å². The topological polar surface area (TPSA) is 35.5 Å². The second-order valence-corrected chi connectivity index (χ2v) is 14.7. The van der Waals surface area contributed by atoms with Gasteiger partial charge >= 0.3 is 0 Å². The largest absolute Gasteiger partial charge is 0.515 e. The van der Waals surface area contributed by atoms with Gasteiger partial charge in [0.15, 0.2) is 0 Å². The standard InChI is InChI=1S/C17H28O3Si2/c1-21(2)15-11-8-9-12-16(15)22(3,4)20-17(18)13-7-5-6-10-14-19-21/h8-9,11-12H,5-7,10,13-14H2,1-4H3. The van der Waals surface area contributed by atoms with Crippen molar-refractivity contribution in [3.05, 3.63) is 24.3 Å². The lowest BCUT2D eigenvalue weighted by molar-refractivity contribution is -0.135. The first-order valence-electron chi connectivity index (χ1n) is 8.29. The Morgan fingerprint density at radius 3 is 2.14 bits per heavy atom. The molecule has 22 heavy (non-hydrogen) atoms. The Bertz CT molecular complexity index is 526. The second-order valence-electron chi connectivity index (χ2n) is 7.05. The van der Waals surface area contributed by atoms with Gasteiger partial charge in [-0.25, -0.2) is 0 Å². The fourth-order valence-electron chi connectivity index (χ4n) is 3.05. The molecule has 0 unspecified atom stereocenters. The molecule has 0 aliphatic carbocycles. The van der Waals surface area contributed by atoms with Crippen molar-refractivity contribution in [2.45, 2.75) is 58.3 Å². The van der Waals surface area contributed by atoms with Crippen LogP contribution in [0.4, 0.5) is 0 Å². The van der Waals surface area contributed by atoms with Gasteiger partial charge in [-0.3, -0.25) is 4.79 Å². The molecule has 5 heteroatoms. The van der Waals surface area contributed by atoms with E-state index < -0.39 is 16.6 Å². The van der Waals surface area contributed by atoms with Crippen LogP contribution in [0.2, 0.25) is 26.2 Å². The molecule has 0 N–H and O–H groups in total. The zero-order chi connectivity index (χ0) is 16.2. The maximum atomic E-state index is 12.2. The van der Waals surface area contributed by atoms with Crippen molar-refractivity contribution in [3.8, 4) is 0 Å². The third-order valence-corrected chi connectivity index (χ3v) is 9.71. The lowest BCUT2D eigenvalue weighted by Gasteiger charge is -2.31. The molecule has 0 radical (unpaired) electrons. The summed E-state index contributed by atoms with van der Waals surface area (Å²) < 4.78 is 12.2. The molecule has 122 valence electrons. The van der Waals surface area contributed by atoms with Gasteiger partial charge in [0.05, 0.1) is 0 Å². The normalized spacial score (nSPS) is 22.5. The lowest BCUT2D eigenvalue weighted by Crippen LogP contribution is -2.61. The van der Waals surface area contributed by atoms with E-state index in [4.69, 9.17) is 8.85 Å². The molecule has 1 aromatic carbocycles. The molecule has 0 saturated heterocycles. The van der Waals surface area contributed by atoms with E-state index in [0.29, 0.717) is 6.42 Å². The van der Waals surface area contributed by atoms with Gasteiger partial charge in [0.2, 0.25) is 8.32 Å². The first-order chi connectivity index (χ1) is 10.3. The maximum absolute atomic E-state index is 12.2. The molecule has 0 fully saturated rings. The summed E-state index contributed by atoms with van der Waals surface area (Å²) in [4.78, 5) is 12.2. The summed E-state index contributed by atoms with van der Waals surface area (Å²) in [6.07, 6.45) is 4.75. The van der Waals surface area contributed by atoms with E-state index in [9.17, 15) is 4.79 Å². The van der Waals surface area contributed by atoms with Crippen LogP contribution in [-0.4, -0.2) is 29.2 Å². The van der Waals surface area contributed by atoms with Crippen LogP contribution in [0.25, 0.3) is 0 Å². The number of carbonyl (C=O) groups is 1. The van der Waals surface area contributed by atoms with E-state index in [-0.39, 0.29) is 5.97 Å². The van der Waals surface area contributed by atoms with Crippen LogP contribution in [-0.2, 0) is 13.6 Å². The summed E-state index contributed by atoms with van der Waals surface area (Å²) in [6, 6.07) is 8.42. The number of carbonyl (C=O) groups excluding carboxylic acids is 1. The van der Waals surface area contributed by atoms with Crippen LogP contribution in [0.1, 0.15) is 32.1 Å². The highest BCUT2D eigenvalue weighted by Gasteiger charge is 2.37. The molecule has 1 heterocycles. The highest BCUT2D eigenvalue weighted by Crippen LogP contribution is 2.14. The Labute approximate surface area is 136 Å². The highest BCUT2D eigenvalue weighted by atomic mass is 28.4. The quantitative estimate of drug-likeness (QED) is 0.683. The van der Waals surface area contributed by atoms with Gasteiger partial charge in [0, 0.05) is 13.0 Å². The summed E-state index contributed by atoms with van der Waals surface area (Å²) in [5.74, 6) is -0.0360. The maximum Gasteiger partial charge on any atom is 0.292 e. The van der Waals surface area contributed by atoms with Gasteiger partial charge in [-0.1, -0.05) is 37.1 Å². The van der Waals surface area contributed by atoms with E-state index in [2.05, 4.69) is 44.4 Å². The number of rotatable bonds is 0. The first kappa shape index (κ1) is 17.4. The van der Waals surface area contributed by atoms with Crippen LogP contribution < -0.4 is 10.4 Å². The van der Waals surface area contributed by atoms with Crippen molar-refractivity contribution < 1.29 is 13.6 Å². The van der Waals surface area contributed by atoms with Gasteiger partial charge in [0.1, 0.15) is 0 Å². The van der Waals surface area contributed by atoms with E-state index in [1.807, 2.05) is 6.07 Å². The van der Waals surface area contributed by atoms with Gasteiger partial charge in [-0.05, 0) is 49.4 Å². The number of hydrogen-bond acceptors (Lipinski definition) is 3. The third-order valence-electron chi connectivity index (χ3n) is 4.33. The zero-order valence-electron chi connectivity index (χ0n) is 14.3. The Morgan fingerprint density at radius 1 is 0.864 bits per heavy atom. The Morgan fingerprint density at radius 2 is 1.45 bits per heavy atom. The lowest BCUT2D eigenvalue weighted by atomic mass is 10.1. The van der Waals surface area contributed by atoms with Crippen molar-refractivity contribution in [1.82, 2.24) is 0 Å². The molecule has 0 spiro atoms. The van der Waals surface area contributed by atoms with Crippen LogP contribution in [0.15, 0.2) is 24.3 Å². The summed E-state index contributed by atoms with van der Waals surface area (Å²) >= 11 is 0. The second kappa shape index (κ2) is 7.11. The highest BCUT2D eigenvalue weighted by molar-refractivity contribution is 6.95. The van der Waals surface area contributed by atoms with Crippen molar-refractivity contribution in [2.75, 3.05) is 6.61 Å². The average Bonchev–Trinajstić information content (AvgIpc) is 2.45. The summed E-state index contributed by atoms with van der Waals surface area (Å²) in [5, 5.41) is 2.51. The summed E-state index contributed by atoms with van der Waals surface area (Å²) in [5.41, 5.74) is 0. The molecule has 0 saturated carbocycles. The van der Waals surface area contributed by atoms with Crippen LogP contribution in [0, 0.1) is 0 Å². The van der Waals surface area contributed by atoms with Crippen molar-refractivity contribution in [1.29, 1.82) is 0 Å². The number of benzene rings is 1. The number of hydrogen-bond donors (Lipinski definition) is 0. The molecule has 0 bridgehead atoms. The van der Waals surface area contributed by atoms with Crippen LogP contribution in [0.3, 0.4) is 0 Å². The van der Waals surface area contributed by atoms with Crippen LogP contribution >= 0.6 is 0 Å². The van der Waals surface area contributed by atoms with Crippen LogP contribution in [0.5, 0.6) is 0 Å². The fraction of sp³-hybridized carbons (Fsp3) is 0.588.